The molecule has 3 nitrogen and oxygen atoms in total. The van der Waals surface area contributed by atoms with Crippen LogP contribution in [0.1, 0.15) is 32.4 Å². The molecule has 4 heteroatoms. The minimum Gasteiger partial charge on any atom is -0.389 e. The fourth-order valence-corrected chi connectivity index (χ4v) is 2.60. The first-order valence-corrected chi connectivity index (χ1v) is 6.62. The molecule has 0 aliphatic carbocycles. The summed E-state index contributed by atoms with van der Waals surface area (Å²) in [6.07, 6.45) is -0.491. The Morgan fingerprint density at radius 3 is 2.72 bits per heavy atom. The van der Waals surface area contributed by atoms with Crippen LogP contribution in [0.15, 0.2) is 18.2 Å². The van der Waals surface area contributed by atoms with Gasteiger partial charge in [0.25, 0.3) is 0 Å². The van der Waals surface area contributed by atoms with Crippen LogP contribution in [0, 0.1) is 0 Å². The van der Waals surface area contributed by atoms with Crippen molar-refractivity contribution in [1.29, 1.82) is 0 Å². The summed E-state index contributed by atoms with van der Waals surface area (Å²) in [6, 6.07) is 5.75. The SMILES string of the molecule is C[C@H](O)c1ccc(N2CCOCC2(C)C)c(Cl)c1. The second-order valence-electron chi connectivity index (χ2n) is 5.40. The lowest BCUT2D eigenvalue weighted by Crippen LogP contribution is -2.53. The largest absolute Gasteiger partial charge is 0.389 e. The molecule has 0 amide bonds. The monoisotopic (exact) mass is 269 g/mol. The Kier molecular flexibility index (Phi) is 3.85. The van der Waals surface area contributed by atoms with Crippen LogP contribution in [0.2, 0.25) is 5.02 Å². The van der Waals surface area contributed by atoms with Crippen LogP contribution in [0.3, 0.4) is 0 Å². The Hall–Kier alpha value is -0.770. The van der Waals surface area contributed by atoms with Crippen LogP contribution < -0.4 is 4.90 Å². The lowest BCUT2D eigenvalue weighted by molar-refractivity contribution is 0.0644. The minimum absolute atomic E-state index is 0.0613. The van der Waals surface area contributed by atoms with E-state index in [0.717, 1.165) is 24.4 Å². The number of aliphatic hydroxyl groups is 1. The number of ether oxygens (including phenoxy) is 1. The maximum Gasteiger partial charge on any atom is 0.0762 e. The Labute approximate surface area is 113 Å². The average molecular weight is 270 g/mol. The summed E-state index contributed by atoms with van der Waals surface area (Å²) in [7, 11) is 0. The van der Waals surface area contributed by atoms with Crippen molar-refractivity contribution in [3.05, 3.63) is 28.8 Å². The zero-order chi connectivity index (χ0) is 13.3. The molecule has 0 aromatic heterocycles. The van der Waals surface area contributed by atoms with Crippen LogP contribution in [0.5, 0.6) is 0 Å². The van der Waals surface area contributed by atoms with Gasteiger partial charge in [0, 0.05) is 6.54 Å². The van der Waals surface area contributed by atoms with Gasteiger partial charge in [-0.05, 0) is 38.5 Å². The quantitative estimate of drug-likeness (QED) is 0.896. The lowest BCUT2D eigenvalue weighted by Gasteiger charge is -2.44. The molecule has 1 aromatic rings. The molecule has 0 radical (unpaired) electrons. The molecule has 2 rings (SSSR count). The highest BCUT2D eigenvalue weighted by atomic mass is 35.5. The summed E-state index contributed by atoms with van der Waals surface area (Å²) in [6.45, 7) is 8.28. The smallest absolute Gasteiger partial charge is 0.0762 e. The molecule has 0 spiro atoms. The number of halogens is 1. The Balaban J connectivity index is 2.33. The van der Waals surface area contributed by atoms with Gasteiger partial charge in [0.15, 0.2) is 0 Å². The van der Waals surface area contributed by atoms with E-state index in [4.69, 9.17) is 16.3 Å². The molecule has 100 valence electrons. The third kappa shape index (κ3) is 2.63. The first kappa shape index (κ1) is 13.7. The van der Waals surface area contributed by atoms with Gasteiger partial charge in [-0.3, -0.25) is 0 Å². The Bertz CT molecular complexity index is 432. The number of anilines is 1. The van der Waals surface area contributed by atoms with Gasteiger partial charge >= 0.3 is 0 Å². The molecule has 18 heavy (non-hydrogen) atoms. The zero-order valence-corrected chi connectivity index (χ0v) is 11.9. The fraction of sp³-hybridized carbons (Fsp3) is 0.571. The van der Waals surface area contributed by atoms with Crippen LogP contribution in [-0.4, -0.2) is 30.4 Å². The van der Waals surface area contributed by atoms with E-state index >= 15 is 0 Å². The van der Waals surface area contributed by atoms with Crippen molar-refractivity contribution >= 4 is 17.3 Å². The standard InChI is InChI=1S/C14H20ClNO2/c1-10(17)11-4-5-13(12(15)8-11)16-6-7-18-9-14(16,2)3/h4-5,8,10,17H,6-7,9H2,1-3H3/t10-/m0/s1. The highest BCUT2D eigenvalue weighted by Gasteiger charge is 2.31. The van der Waals surface area contributed by atoms with Crippen molar-refractivity contribution in [3.8, 4) is 0 Å². The van der Waals surface area contributed by atoms with Crippen LogP contribution >= 0.6 is 11.6 Å². The molecule has 0 unspecified atom stereocenters. The molecule has 1 atom stereocenters. The molecule has 0 bridgehead atoms. The molecule has 1 heterocycles. The second-order valence-corrected chi connectivity index (χ2v) is 5.81. The number of morpholine rings is 1. The Morgan fingerprint density at radius 1 is 1.44 bits per heavy atom. The number of nitrogens with zero attached hydrogens (tertiary/aromatic N) is 1. The summed E-state index contributed by atoms with van der Waals surface area (Å²) < 4.78 is 5.51. The highest BCUT2D eigenvalue weighted by Crippen LogP contribution is 2.34. The normalized spacial score (nSPS) is 20.8. The number of rotatable bonds is 2. The van der Waals surface area contributed by atoms with E-state index < -0.39 is 6.10 Å². The van der Waals surface area contributed by atoms with Crippen molar-refractivity contribution < 1.29 is 9.84 Å². The van der Waals surface area contributed by atoms with Gasteiger partial charge in [-0.25, -0.2) is 0 Å². The average Bonchev–Trinajstić information content (AvgIpc) is 2.29. The van der Waals surface area contributed by atoms with Gasteiger partial charge in [-0.2, -0.15) is 0 Å². The summed E-state index contributed by atoms with van der Waals surface area (Å²) in [4.78, 5) is 2.27. The molecule has 1 saturated heterocycles. The van der Waals surface area contributed by atoms with E-state index in [9.17, 15) is 5.11 Å². The first-order valence-electron chi connectivity index (χ1n) is 6.25. The molecule has 1 N–H and O–H groups in total. The molecule has 0 saturated carbocycles. The van der Waals surface area contributed by atoms with E-state index in [1.807, 2.05) is 18.2 Å². The molecular formula is C14H20ClNO2. The Morgan fingerprint density at radius 2 is 2.17 bits per heavy atom. The van der Waals surface area contributed by atoms with Gasteiger partial charge in [0.05, 0.1) is 35.6 Å². The zero-order valence-electron chi connectivity index (χ0n) is 11.1. The van der Waals surface area contributed by atoms with Crippen molar-refractivity contribution in [1.82, 2.24) is 0 Å². The maximum atomic E-state index is 9.56. The third-order valence-corrected chi connectivity index (χ3v) is 3.69. The van der Waals surface area contributed by atoms with Crippen molar-refractivity contribution in [2.45, 2.75) is 32.4 Å². The third-order valence-electron chi connectivity index (χ3n) is 3.39. The van der Waals surface area contributed by atoms with Gasteiger partial charge in [-0.1, -0.05) is 17.7 Å². The molecule has 1 aliphatic heterocycles. The van der Waals surface area contributed by atoms with E-state index in [-0.39, 0.29) is 5.54 Å². The predicted molar refractivity (Wildman–Crippen MR) is 74.3 cm³/mol. The van der Waals surface area contributed by atoms with Crippen molar-refractivity contribution in [2.24, 2.45) is 0 Å². The van der Waals surface area contributed by atoms with E-state index in [0.29, 0.717) is 11.6 Å². The fourth-order valence-electron chi connectivity index (χ4n) is 2.31. The first-order chi connectivity index (χ1) is 8.42. The number of benzene rings is 1. The molecule has 1 aromatic carbocycles. The van der Waals surface area contributed by atoms with Gasteiger partial charge in [0.1, 0.15) is 0 Å². The summed E-state index contributed by atoms with van der Waals surface area (Å²) >= 11 is 6.34. The number of hydrogen-bond acceptors (Lipinski definition) is 3. The molecular weight excluding hydrogens is 250 g/mol. The van der Waals surface area contributed by atoms with Crippen molar-refractivity contribution in [2.75, 3.05) is 24.7 Å². The van der Waals surface area contributed by atoms with Gasteiger partial charge < -0.3 is 14.7 Å². The van der Waals surface area contributed by atoms with E-state index in [2.05, 4.69) is 18.7 Å². The van der Waals surface area contributed by atoms with Gasteiger partial charge in [0.2, 0.25) is 0 Å². The van der Waals surface area contributed by atoms with E-state index in [1.54, 1.807) is 6.92 Å². The summed E-state index contributed by atoms with van der Waals surface area (Å²) in [5.41, 5.74) is 1.79. The summed E-state index contributed by atoms with van der Waals surface area (Å²) in [5.74, 6) is 0. The van der Waals surface area contributed by atoms with Crippen molar-refractivity contribution in [3.63, 3.8) is 0 Å². The van der Waals surface area contributed by atoms with E-state index in [1.165, 1.54) is 0 Å². The number of aliphatic hydroxyl groups excluding tert-OH is 1. The topological polar surface area (TPSA) is 32.7 Å². The lowest BCUT2D eigenvalue weighted by atomic mass is 10.0. The maximum absolute atomic E-state index is 9.56. The molecule has 1 aliphatic rings. The predicted octanol–water partition coefficient (Wildman–Crippen LogP) is 3.01. The number of hydrogen-bond donors (Lipinski definition) is 1. The molecule has 1 fully saturated rings. The van der Waals surface area contributed by atoms with Crippen LogP contribution in [0.25, 0.3) is 0 Å². The highest BCUT2D eigenvalue weighted by molar-refractivity contribution is 6.33. The van der Waals surface area contributed by atoms with Crippen LogP contribution in [0.4, 0.5) is 5.69 Å². The second kappa shape index (κ2) is 5.08. The summed E-state index contributed by atoms with van der Waals surface area (Å²) in [5, 5.41) is 10.2. The van der Waals surface area contributed by atoms with Crippen LogP contribution in [-0.2, 0) is 4.74 Å². The minimum atomic E-state index is -0.491. The van der Waals surface area contributed by atoms with Gasteiger partial charge in [-0.15, -0.1) is 0 Å².